The second-order valence-electron chi connectivity index (χ2n) is 5.04. The molecule has 1 heterocycles. The third-order valence-corrected chi connectivity index (χ3v) is 4.44. The Morgan fingerprint density at radius 2 is 2.00 bits per heavy atom. The minimum absolute atomic E-state index is 0.297. The molecule has 0 saturated heterocycles. The molecule has 0 amide bonds. The van der Waals surface area contributed by atoms with Gasteiger partial charge in [-0.2, -0.15) is 0 Å². The Morgan fingerprint density at radius 3 is 2.80 bits per heavy atom. The number of hydrogen-bond donors (Lipinski definition) is 1. The van der Waals surface area contributed by atoms with Crippen LogP contribution in [0.1, 0.15) is 22.8 Å². The summed E-state index contributed by atoms with van der Waals surface area (Å²) >= 11 is 1.67. The fourth-order valence-electron chi connectivity index (χ4n) is 2.47. The quantitative estimate of drug-likeness (QED) is 0.744. The number of halogens is 1. The van der Waals surface area contributed by atoms with Gasteiger partial charge in [0.05, 0.1) is 6.10 Å². The van der Waals surface area contributed by atoms with Gasteiger partial charge in [-0.3, -0.25) is 0 Å². The second-order valence-corrected chi connectivity index (χ2v) is 5.95. The Kier molecular flexibility index (Phi) is 3.55. The molecule has 1 unspecified atom stereocenters. The van der Waals surface area contributed by atoms with E-state index >= 15 is 0 Å². The first kappa shape index (κ1) is 13.3. The molecule has 2 aromatic carbocycles. The first-order chi connectivity index (χ1) is 9.63. The van der Waals surface area contributed by atoms with Gasteiger partial charge < -0.3 is 5.11 Å². The van der Waals surface area contributed by atoms with Gasteiger partial charge in [0, 0.05) is 11.1 Å². The van der Waals surface area contributed by atoms with Gasteiger partial charge in [-0.05, 0) is 52.6 Å². The van der Waals surface area contributed by atoms with Crippen LogP contribution in [-0.4, -0.2) is 5.11 Å². The lowest BCUT2D eigenvalue weighted by Crippen LogP contribution is -2.02. The highest BCUT2D eigenvalue weighted by Gasteiger charge is 2.13. The Labute approximate surface area is 121 Å². The molecule has 1 atom stereocenters. The highest BCUT2D eigenvalue weighted by Crippen LogP contribution is 2.29. The summed E-state index contributed by atoms with van der Waals surface area (Å²) in [4.78, 5) is 0. The number of thiophene rings is 1. The molecule has 0 fully saturated rings. The fraction of sp³-hybridized carbons (Fsp3) is 0.176. The van der Waals surface area contributed by atoms with Crippen molar-refractivity contribution in [3.05, 3.63) is 70.4 Å². The van der Waals surface area contributed by atoms with Crippen molar-refractivity contribution in [1.82, 2.24) is 0 Å². The molecular weight excluding hydrogens is 271 g/mol. The van der Waals surface area contributed by atoms with E-state index in [9.17, 15) is 9.50 Å². The zero-order chi connectivity index (χ0) is 14.1. The molecule has 0 saturated carbocycles. The molecule has 0 spiro atoms. The van der Waals surface area contributed by atoms with E-state index in [2.05, 4.69) is 17.5 Å². The van der Waals surface area contributed by atoms with Crippen molar-refractivity contribution in [2.75, 3.05) is 0 Å². The molecule has 0 bridgehead atoms. The molecule has 20 heavy (non-hydrogen) atoms. The molecule has 0 aliphatic carbocycles. The molecule has 1 aromatic heterocycles. The van der Waals surface area contributed by atoms with Gasteiger partial charge >= 0.3 is 0 Å². The minimum atomic E-state index is -0.678. The number of fused-ring (bicyclic) bond motifs is 1. The lowest BCUT2D eigenvalue weighted by molar-refractivity contribution is 0.178. The monoisotopic (exact) mass is 286 g/mol. The smallest absolute Gasteiger partial charge is 0.123 e. The van der Waals surface area contributed by atoms with E-state index < -0.39 is 6.10 Å². The molecule has 0 radical (unpaired) electrons. The molecular formula is C17H15FOS. The largest absolute Gasteiger partial charge is 0.388 e. The predicted molar refractivity (Wildman–Crippen MR) is 81.6 cm³/mol. The number of aliphatic hydroxyl groups is 1. The van der Waals surface area contributed by atoms with Crippen LogP contribution in [0.4, 0.5) is 4.39 Å². The van der Waals surface area contributed by atoms with Crippen LogP contribution in [0.5, 0.6) is 0 Å². The summed E-state index contributed by atoms with van der Waals surface area (Å²) in [5, 5.41) is 13.6. The van der Waals surface area contributed by atoms with Gasteiger partial charge in [0.2, 0.25) is 0 Å². The summed E-state index contributed by atoms with van der Waals surface area (Å²) < 4.78 is 14.6. The number of rotatable bonds is 3. The summed E-state index contributed by atoms with van der Waals surface area (Å²) in [5.74, 6) is -0.297. The van der Waals surface area contributed by atoms with Crippen LogP contribution in [0.25, 0.3) is 10.1 Å². The Bertz CT molecular complexity index is 727. The van der Waals surface area contributed by atoms with Crippen molar-refractivity contribution in [2.45, 2.75) is 19.4 Å². The maximum absolute atomic E-state index is 13.4. The standard InChI is InChI=1S/C17H15FOS/c1-11-6-12(8-14(18)7-11)16(19)9-13-10-20-17-5-3-2-4-15(13)17/h2-8,10,16,19H,9H2,1H3. The van der Waals surface area contributed by atoms with E-state index in [-0.39, 0.29) is 5.82 Å². The molecule has 0 aliphatic rings. The topological polar surface area (TPSA) is 20.2 Å². The minimum Gasteiger partial charge on any atom is -0.388 e. The normalized spacial score (nSPS) is 12.8. The van der Waals surface area contributed by atoms with Crippen molar-refractivity contribution in [1.29, 1.82) is 0 Å². The maximum atomic E-state index is 13.4. The number of aliphatic hydroxyl groups excluding tert-OH is 1. The summed E-state index contributed by atoms with van der Waals surface area (Å²) in [6.45, 7) is 1.83. The van der Waals surface area contributed by atoms with E-state index in [1.807, 2.05) is 25.1 Å². The average molecular weight is 286 g/mol. The summed E-state index contributed by atoms with van der Waals surface area (Å²) in [7, 11) is 0. The van der Waals surface area contributed by atoms with Crippen LogP contribution in [0, 0.1) is 12.7 Å². The van der Waals surface area contributed by atoms with E-state index in [1.165, 1.54) is 22.2 Å². The lowest BCUT2D eigenvalue weighted by Gasteiger charge is -2.11. The Balaban J connectivity index is 1.90. The molecule has 0 aliphatic heterocycles. The molecule has 3 aromatic rings. The van der Waals surface area contributed by atoms with E-state index in [0.717, 1.165) is 11.1 Å². The van der Waals surface area contributed by atoms with Gasteiger partial charge in [0.15, 0.2) is 0 Å². The van der Waals surface area contributed by atoms with Gasteiger partial charge in [-0.25, -0.2) is 4.39 Å². The fourth-order valence-corrected chi connectivity index (χ4v) is 3.45. The van der Waals surface area contributed by atoms with Crippen LogP contribution in [0.3, 0.4) is 0 Å². The highest BCUT2D eigenvalue weighted by molar-refractivity contribution is 7.17. The van der Waals surface area contributed by atoms with E-state index in [4.69, 9.17) is 0 Å². The summed E-state index contributed by atoms with van der Waals surface area (Å²) in [6.07, 6.45) is -0.171. The van der Waals surface area contributed by atoms with Crippen LogP contribution >= 0.6 is 11.3 Å². The van der Waals surface area contributed by atoms with Crippen LogP contribution in [0.15, 0.2) is 47.8 Å². The van der Waals surface area contributed by atoms with Crippen molar-refractivity contribution in [3.8, 4) is 0 Å². The third-order valence-electron chi connectivity index (χ3n) is 3.42. The van der Waals surface area contributed by atoms with Gasteiger partial charge in [0.25, 0.3) is 0 Å². The molecule has 1 N–H and O–H groups in total. The first-order valence-corrected chi connectivity index (χ1v) is 7.42. The zero-order valence-electron chi connectivity index (χ0n) is 11.1. The second kappa shape index (κ2) is 5.35. The molecule has 3 heteroatoms. The zero-order valence-corrected chi connectivity index (χ0v) is 12.0. The number of hydrogen-bond acceptors (Lipinski definition) is 2. The molecule has 3 rings (SSSR count). The van der Waals surface area contributed by atoms with Gasteiger partial charge in [0.1, 0.15) is 5.82 Å². The predicted octanol–water partition coefficient (Wildman–Crippen LogP) is 4.62. The van der Waals surface area contributed by atoms with Crippen molar-refractivity contribution < 1.29 is 9.50 Å². The SMILES string of the molecule is Cc1cc(F)cc(C(O)Cc2csc3ccccc23)c1. The van der Waals surface area contributed by atoms with Crippen LogP contribution in [-0.2, 0) is 6.42 Å². The Hall–Kier alpha value is -1.71. The van der Waals surface area contributed by atoms with Crippen molar-refractivity contribution >= 4 is 21.4 Å². The van der Waals surface area contributed by atoms with Gasteiger partial charge in [-0.15, -0.1) is 11.3 Å². The maximum Gasteiger partial charge on any atom is 0.123 e. The Morgan fingerprint density at radius 1 is 1.20 bits per heavy atom. The van der Waals surface area contributed by atoms with E-state index in [0.29, 0.717) is 12.0 Å². The lowest BCUT2D eigenvalue weighted by atomic mass is 9.99. The van der Waals surface area contributed by atoms with Crippen LogP contribution < -0.4 is 0 Å². The van der Waals surface area contributed by atoms with Gasteiger partial charge in [-0.1, -0.05) is 24.3 Å². The highest BCUT2D eigenvalue weighted by atomic mass is 32.1. The van der Waals surface area contributed by atoms with Crippen molar-refractivity contribution in [2.24, 2.45) is 0 Å². The molecule has 102 valence electrons. The van der Waals surface area contributed by atoms with Crippen molar-refractivity contribution in [3.63, 3.8) is 0 Å². The van der Waals surface area contributed by atoms with E-state index in [1.54, 1.807) is 11.3 Å². The summed E-state index contributed by atoms with van der Waals surface area (Å²) in [5.41, 5.74) is 2.58. The summed E-state index contributed by atoms with van der Waals surface area (Å²) in [6, 6.07) is 12.9. The van der Waals surface area contributed by atoms with Crippen LogP contribution in [0.2, 0.25) is 0 Å². The first-order valence-electron chi connectivity index (χ1n) is 6.54. The third kappa shape index (κ3) is 2.60. The number of aryl methyl sites for hydroxylation is 1. The molecule has 1 nitrogen and oxygen atoms in total. The average Bonchev–Trinajstić information content (AvgIpc) is 2.81. The number of benzene rings is 2.